The predicted octanol–water partition coefficient (Wildman–Crippen LogP) is 8.76. The summed E-state index contributed by atoms with van der Waals surface area (Å²) in [5, 5.41) is 4.24. The maximum atomic E-state index is 14.1. The summed E-state index contributed by atoms with van der Waals surface area (Å²) in [5.41, 5.74) is -0.264. The van der Waals surface area contributed by atoms with E-state index in [0.717, 1.165) is 15.9 Å². The molecule has 2 saturated heterocycles. The van der Waals surface area contributed by atoms with Gasteiger partial charge >= 0.3 is 20.0 Å². The second-order valence-corrected chi connectivity index (χ2v) is 33.2. The van der Waals surface area contributed by atoms with Gasteiger partial charge in [0.1, 0.15) is 36.6 Å². The quantitative estimate of drug-likeness (QED) is 0.0512. The number of carbonyl (C=O) groups excluding carboxylic acids is 2. The molecule has 4 aromatic carbocycles. The highest BCUT2D eigenvalue weighted by Crippen LogP contribution is 2.51. The van der Waals surface area contributed by atoms with Gasteiger partial charge in [0.05, 0.1) is 32.0 Å². The number of hydrogen-bond acceptors (Lipinski definition) is 13. The zero-order valence-corrected chi connectivity index (χ0v) is 50.4. The molecule has 21 heteroatoms. The van der Waals surface area contributed by atoms with E-state index in [4.69, 9.17) is 31.9 Å². The zero-order valence-electron chi connectivity index (χ0n) is 47.5. The highest BCUT2D eigenvalue weighted by Gasteiger charge is 2.52. The molecule has 2 amide bonds. The average molecular weight is 1150 g/mol. The number of rotatable bonds is 21. The van der Waals surface area contributed by atoms with E-state index in [0.29, 0.717) is 11.1 Å². The molecule has 0 bridgehead atoms. The van der Waals surface area contributed by atoms with Gasteiger partial charge < -0.3 is 42.1 Å². The molecule has 8 atom stereocenters. The van der Waals surface area contributed by atoms with E-state index in [9.17, 15) is 24.0 Å². The van der Waals surface area contributed by atoms with Gasteiger partial charge in [0.15, 0.2) is 8.32 Å². The summed E-state index contributed by atoms with van der Waals surface area (Å²) in [6, 6.07) is 40.1. The lowest BCUT2D eigenvalue weighted by Crippen LogP contribution is -2.67. The van der Waals surface area contributed by atoms with Gasteiger partial charge in [0, 0.05) is 50.3 Å². The normalized spacial score (nSPS) is 20.5. The number of carbonyl (C=O) groups is 2. The molecule has 0 spiro atoms. The first kappa shape index (κ1) is 60.1. The van der Waals surface area contributed by atoms with Gasteiger partial charge in [-0.05, 0) is 64.2 Å². The van der Waals surface area contributed by atoms with Crippen LogP contribution < -0.4 is 32.6 Å². The second-order valence-electron chi connectivity index (χ2n) is 23.0. The fourth-order valence-corrected chi connectivity index (χ4v) is 17.0. The number of ether oxygens (including phenoxy) is 2. The molecule has 2 N–H and O–H groups in total. The van der Waals surface area contributed by atoms with Crippen LogP contribution in [0.25, 0.3) is 0 Å². The van der Waals surface area contributed by atoms with Crippen LogP contribution in [0.3, 0.4) is 0 Å². The smallest absolute Gasteiger partial charge is 0.351 e. The van der Waals surface area contributed by atoms with Gasteiger partial charge in [-0.2, -0.15) is 4.98 Å². The Morgan fingerprint density at radius 3 is 1.89 bits per heavy atom. The van der Waals surface area contributed by atoms with Crippen LogP contribution in [0.4, 0.5) is 5.82 Å². The van der Waals surface area contributed by atoms with E-state index < -0.39 is 96.1 Å². The van der Waals surface area contributed by atoms with Crippen molar-refractivity contribution in [2.75, 3.05) is 32.1 Å². The van der Waals surface area contributed by atoms with Crippen LogP contribution in [-0.2, 0) is 36.7 Å². The minimum atomic E-state index is -3.19. The number of aryl methyl sites for hydroxylation is 1. The molecule has 0 aliphatic carbocycles. The lowest BCUT2D eigenvalue weighted by molar-refractivity contribution is -0.128. The van der Waals surface area contributed by atoms with Crippen molar-refractivity contribution in [2.45, 2.75) is 134 Å². The maximum Gasteiger partial charge on any atom is 0.351 e. The van der Waals surface area contributed by atoms with Crippen LogP contribution in [0.15, 0.2) is 154 Å². The first-order chi connectivity index (χ1) is 37.9. The summed E-state index contributed by atoms with van der Waals surface area (Å²) < 4.78 is 52.0. The van der Waals surface area contributed by atoms with Gasteiger partial charge in [0.25, 0.3) is 19.8 Å². The number of nitrogens with zero attached hydrogens (tertiary/aromatic N) is 4. The largest absolute Gasteiger partial charge is 0.411 e. The summed E-state index contributed by atoms with van der Waals surface area (Å²) in [6.07, 6.45) is -2.10. The Morgan fingerprint density at radius 1 is 0.775 bits per heavy atom. The standard InChI is InChI=1S/C59H75N6O12PSi2/c1-40-36-65(57(70)62-54(40)67)53-35-47(77-79(10,11)58(3,4)5)49(73-53)38-71-78(76-48(37-63(9)41(2)66)42-24-16-12-17-25-42)75-46-34-52(64-33-32-51(61-56(64)69)60-55(68)43-26-18-13-19-27-43)74-50(46)39-72-80(59(6,7)8,44-28-20-14-21-29-44)45-30-22-15-23-31-45/h12-33,36,46-50,52-53H,34-35,37-39H2,1-11H3,(H,62,67,70)(H,60,61,68,69)/t46-,47-,48-,49+,50+,52+,53+,78+/m0/s1. The highest BCUT2D eigenvalue weighted by molar-refractivity contribution is 7.41. The molecule has 2 aromatic heterocycles. The summed E-state index contributed by atoms with van der Waals surface area (Å²) >= 11 is 0. The third-order valence-corrected chi connectivity index (χ3v) is 26.0. The van der Waals surface area contributed by atoms with Crippen LogP contribution in [0.2, 0.25) is 23.2 Å². The molecule has 0 radical (unpaired) electrons. The third-order valence-electron chi connectivity index (χ3n) is 15.3. The Kier molecular flexibility index (Phi) is 19.1. The molecule has 0 saturated carbocycles. The number of benzene rings is 4. The van der Waals surface area contributed by atoms with Crippen molar-refractivity contribution < 1.29 is 41.5 Å². The molecule has 2 aliphatic heterocycles. The lowest BCUT2D eigenvalue weighted by Gasteiger charge is -2.43. The van der Waals surface area contributed by atoms with Crippen LogP contribution in [-0.4, -0.2) is 104 Å². The van der Waals surface area contributed by atoms with Crippen molar-refractivity contribution in [1.29, 1.82) is 0 Å². The van der Waals surface area contributed by atoms with Crippen LogP contribution in [0.1, 0.15) is 101 Å². The Labute approximate surface area is 471 Å². The molecule has 18 nitrogen and oxygen atoms in total. The zero-order chi connectivity index (χ0) is 57.6. The summed E-state index contributed by atoms with van der Waals surface area (Å²) in [7, 11) is -6.40. The number of anilines is 1. The number of likely N-dealkylation sites (N-methyl/N-ethyl adjacent to an activating group) is 1. The van der Waals surface area contributed by atoms with Gasteiger partial charge in [-0.25, -0.2) is 9.59 Å². The topological polar surface area (TPSA) is 204 Å². The molecule has 2 fully saturated rings. The Morgan fingerprint density at radius 2 is 1.32 bits per heavy atom. The van der Waals surface area contributed by atoms with Crippen LogP contribution in [0.5, 0.6) is 0 Å². The lowest BCUT2D eigenvalue weighted by atomic mass is 10.1. The monoisotopic (exact) mass is 1150 g/mol. The maximum absolute atomic E-state index is 14.1. The molecular weight excluding hydrogens is 1070 g/mol. The summed E-state index contributed by atoms with van der Waals surface area (Å²) in [4.78, 5) is 74.2. The fourth-order valence-electron chi connectivity index (χ4n) is 9.76. The Bertz CT molecular complexity index is 3190. The van der Waals surface area contributed by atoms with Crippen molar-refractivity contribution in [3.63, 3.8) is 0 Å². The number of H-pyrrole nitrogens is 1. The molecule has 0 unspecified atom stereocenters. The van der Waals surface area contributed by atoms with Crippen LogP contribution in [0, 0.1) is 6.92 Å². The highest BCUT2D eigenvalue weighted by atomic mass is 31.2. The summed E-state index contributed by atoms with van der Waals surface area (Å²) in [6.45, 7) is 20.4. The minimum Gasteiger partial charge on any atom is -0.411 e. The van der Waals surface area contributed by atoms with E-state index in [2.05, 4.69) is 94.2 Å². The van der Waals surface area contributed by atoms with Gasteiger partial charge in [0.2, 0.25) is 5.91 Å². The number of aromatic nitrogens is 4. The molecular formula is C59H75N6O12PSi2. The van der Waals surface area contributed by atoms with E-state index >= 15 is 0 Å². The molecule has 426 valence electrons. The molecule has 6 aromatic rings. The van der Waals surface area contributed by atoms with E-state index in [1.807, 2.05) is 66.7 Å². The van der Waals surface area contributed by atoms with Crippen molar-refractivity contribution >= 4 is 53.2 Å². The number of aromatic amines is 1. The first-order valence-electron chi connectivity index (χ1n) is 27.0. The molecule has 4 heterocycles. The second kappa shape index (κ2) is 25.4. The minimum absolute atomic E-state index is 0.0172. The van der Waals surface area contributed by atoms with E-state index in [-0.39, 0.29) is 49.4 Å². The van der Waals surface area contributed by atoms with E-state index in [1.54, 1.807) is 55.3 Å². The third kappa shape index (κ3) is 14.0. The van der Waals surface area contributed by atoms with Crippen molar-refractivity contribution in [3.05, 3.63) is 188 Å². The first-order valence-corrected chi connectivity index (χ1v) is 32.9. The molecule has 80 heavy (non-hydrogen) atoms. The van der Waals surface area contributed by atoms with Crippen molar-refractivity contribution in [3.8, 4) is 0 Å². The van der Waals surface area contributed by atoms with Gasteiger partial charge in [-0.15, -0.1) is 0 Å². The van der Waals surface area contributed by atoms with Crippen molar-refractivity contribution in [2.24, 2.45) is 0 Å². The number of amides is 2. The fraction of sp³-hybridized carbons (Fsp3) is 0.424. The average Bonchev–Trinajstić information content (AvgIpc) is 4.05. The van der Waals surface area contributed by atoms with Crippen LogP contribution >= 0.6 is 8.60 Å². The van der Waals surface area contributed by atoms with Crippen molar-refractivity contribution in [1.82, 2.24) is 24.0 Å². The number of nitrogens with one attached hydrogen (secondary N) is 2. The Balaban J connectivity index is 1.18. The van der Waals surface area contributed by atoms with Gasteiger partial charge in [-0.1, -0.05) is 151 Å². The Hall–Kier alpha value is -6.04. The SMILES string of the molecule is CC(=O)N(C)C[C@H](O[P@](OC[C@H]1O[C@@H](n2cc(C)c(=O)[nH]c2=O)C[C@@H]1O[Si](C)(C)C(C)(C)C)O[C@H]1C[C@H](n2ccc(NC(=O)c3ccccc3)nc2=O)O[C@@H]1CO[Si](c1ccccc1)(c1ccccc1)C(C)(C)C)c1ccccc1. The molecule has 8 rings (SSSR count). The van der Waals surface area contributed by atoms with Gasteiger partial charge in [-0.3, -0.25) is 28.5 Å². The predicted molar refractivity (Wildman–Crippen MR) is 313 cm³/mol. The summed E-state index contributed by atoms with van der Waals surface area (Å²) in [5.74, 6) is -0.533. The molecule has 2 aliphatic rings. The van der Waals surface area contributed by atoms with E-state index in [1.165, 1.54) is 28.5 Å². The number of hydrogen-bond donors (Lipinski definition) is 2.